The predicted octanol–water partition coefficient (Wildman–Crippen LogP) is 8.24. The molecule has 0 saturated heterocycles. The quantitative estimate of drug-likeness (QED) is 0.0760. The van der Waals surface area contributed by atoms with Crippen LogP contribution in [0.1, 0.15) is 85.8 Å². The number of aromatic amines is 2. The summed E-state index contributed by atoms with van der Waals surface area (Å²) in [6.45, 7) is 19.9. The van der Waals surface area contributed by atoms with Crippen LogP contribution in [0.4, 0.5) is 0 Å². The Bertz CT molecular complexity index is 1420. The third-order valence-corrected chi connectivity index (χ3v) is 8.24. The zero-order chi connectivity index (χ0) is 35.3. The number of phenolic OH excluding ortho intramolecular Hbond substituents is 2. The molecular formula is C37H58Cl2N4O6. The standard InChI is InChI=1S/2C16H24N2O.C5H8O4.2ClH/c2*1-11(2)18(12(3)4)9-8-13-10-17-14-6-5-7-15(19)16(13)14;6-4(7)2-1-3-5(8)9;;/h2*5-7,10-12,17,19H,8-9H2,1-4H3;1-3H2,(H,6,7)(H,8,9);2*1H. The molecule has 0 saturated carbocycles. The number of aliphatic carboxylic acids is 2. The van der Waals surface area contributed by atoms with Gasteiger partial charge in [-0.15, -0.1) is 24.8 Å². The summed E-state index contributed by atoms with van der Waals surface area (Å²) in [6.07, 6.45) is 6.03. The topological polar surface area (TPSA) is 153 Å². The highest BCUT2D eigenvalue weighted by Gasteiger charge is 2.16. The van der Waals surface area contributed by atoms with Gasteiger partial charge in [0.05, 0.1) is 0 Å². The van der Waals surface area contributed by atoms with Crippen molar-refractivity contribution >= 4 is 58.6 Å². The van der Waals surface area contributed by atoms with Gasteiger partial charge in [0, 0.05) is 84.3 Å². The number of phenols is 2. The fourth-order valence-electron chi connectivity index (χ4n) is 5.98. The van der Waals surface area contributed by atoms with Crippen LogP contribution in [0.3, 0.4) is 0 Å². The van der Waals surface area contributed by atoms with E-state index in [-0.39, 0.29) is 44.1 Å². The molecule has 6 N–H and O–H groups in total. The largest absolute Gasteiger partial charge is 0.507 e. The van der Waals surface area contributed by atoms with E-state index in [0.29, 0.717) is 35.7 Å². The third-order valence-electron chi connectivity index (χ3n) is 8.24. The smallest absolute Gasteiger partial charge is 0.303 e. The van der Waals surface area contributed by atoms with Gasteiger partial charge < -0.3 is 30.4 Å². The number of hydrogen-bond acceptors (Lipinski definition) is 6. The number of nitrogens with one attached hydrogen (secondary N) is 2. The second-order valence-corrected chi connectivity index (χ2v) is 13.0. The van der Waals surface area contributed by atoms with Gasteiger partial charge in [-0.3, -0.25) is 19.4 Å². The van der Waals surface area contributed by atoms with Crippen LogP contribution in [-0.2, 0) is 22.4 Å². The van der Waals surface area contributed by atoms with Crippen molar-refractivity contribution < 1.29 is 30.0 Å². The van der Waals surface area contributed by atoms with Gasteiger partial charge in [-0.25, -0.2) is 0 Å². The first-order valence-corrected chi connectivity index (χ1v) is 16.6. The Morgan fingerprint density at radius 3 is 1.22 bits per heavy atom. The summed E-state index contributed by atoms with van der Waals surface area (Å²) >= 11 is 0. The maximum atomic E-state index is 9.99. The van der Waals surface area contributed by atoms with Crippen LogP contribution in [0.5, 0.6) is 11.5 Å². The second kappa shape index (κ2) is 22.3. The average molecular weight is 726 g/mol. The van der Waals surface area contributed by atoms with Crippen LogP contribution < -0.4 is 0 Å². The van der Waals surface area contributed by atoms with Crippen molar-refractivity contribution in [2.45, 2.75) is 112 Å². The Morgan fingerprint density at radius 1 is 0.612 bits per heavy atom. The molecule has 0 amide bonds. The van der Waals surface area contributed by atoms with Crippen LogP contribution >= 0.6 is 24.8 Å². The SMILES string of the molecule is CC(C)N(CCc1c[nH]c2cccc(O)c12)C(C)C.CC(C)N(CCc1c[nH]c2cccc(O)c12)C(C)C.Cl.Cl.O=C(O)CCCC(=O)O. The lowest BCUT2D eigenvalue weighted by molar-refractivity contribution is -0.138. The Kier molecular flexibility index (Phi) is 20.7. The molecule has 2 heterocycles. The van der Waals surface area contributed by atoms with Crippen molar-refractivity contribution in [1.82, 2.24) is 19.8 Å². The van der Waals surface area contributed by atoms with Crippen molar-refractivity contribution in [1.29, 1.82) is 0 Å². The molecule has 2 aromatic heterocycles. The molecule has 0 aliphatic carbocycles. The van der Waals surface area contributed by atoms with Gasteiger partial charge in [-0.1, -0.05) is 12.1 Å². The average Bonchev–Trinajstić information content (AvgIpc) is 3.59. The van der Waals surface area contributed by atoms with Crippen molar-refractivity contribution in [3.05, 3.63) is 59.9 Å². The number of carboxylic acid groups (broad SMARTS) is 2. The third kappa shape index (κ3) is 14.5. The molecule has 0 atom stereocenters. The summed E-state index contributed by atoms with van der Waals surface area (Å²) in [6, 6.07) is 13.4. The summed E-state index contributed by atoms with van der Waals surface area (Å²) in [5.74, 6) is -1.16. The Morgan fingerprint density at radius 2 is 0.939 bits per heavy atom. The van der Waals surface area contributed by atoms with Gasteiger partial charge in [0.15, 0.2) is 0 Å². The van der Waals surface area contributed by atoms with Crippen LogP contribution in [0, 0.1) is 0 Å². The number of carboxylic acids is 2. The zero-order valence-corrected chi connectivity index (χ0v) is 31.8. The molecule has 0 spiro atoms. The molecule has 49 heavy (non-hydrogen) atoms. The predicted molar refractivity (Wildman–Crippen MR) is 205 cm³/mol. The number of halogens is 2. The van der Waals surface area contributed by atoms with Gasteiger partial charge in [0.2, 0.25) is 0 Å². The van der Waals surface area contributed by atoms with E-state index in [0.717, 1.165) is 47.7 Å². The number of aromatic hydroxyl groups is 2. The van der Waals surface area contributed by atoms with Crippen LogP contribution in [0.15, 0.2) is 48.8 Å². The Hall–Kier alpha value is -3.44. The molecule has 0 radical (unpaired) electrons. The molecule has 10 nitrogen and oxygen atoms in total. The lowest BCUT2D eigenvalue weighted by atomic mass is 10.1. The van der Waals surface area contributed by atoms with E-state index in [1.54, 1.807) is 12.1 Å². The van der Waals surface area contributed by atoms with E-state index in [4.69, 9.17) is 10.2 Å². The molecule has 2 aromatic carbocycles. The number of benzene rings is 2. The monoisotopic (exact) mass is 724 g/mol. The van der Waals surface area contributed by atoms with Gasteiger partial charge in [0.1, 0.15) is 11.5 Å². The fourth-order valence-corrected chi connectivity index (χ4v) is 5.98. The van der Waals surface area contributed by atoms with E-state index in [9.17, 15) is 19.8 Å². The molecular weight excluding hydrogens is 667 g/mol. The summed E-state index contributed by atoms with van der Waals surface area (Å²) in [5.41, 5.74) is 4.41. The molecule has 0 bridgehead atoms. The zero-order valence-electron chi connectivity index (χ0n) is 30.2. The minimum Gasteiger partial charge on any atom is -0.507 e. The van der Waals surface area contributed by atoms with E-state index in [2.05, 4.69) is 75.2 Å². The Balaban J connectivity index is 0.000000736. The van der Waals surface area contributed by atoms with Gasteiger partial charge in [0.25, 0.3) is 0 Å². The summed E-state index contributed by atoms with van der Waals surface area (Å²) in [4.78, 5) is 31.0. The maximum Gasteiger partial charge on any atom is 0.303 e. The maximum absolute atomic E-state index is 9.99. The van der Waals surface area contributed by atoms with Gasteiger partial charge in [-0.05, 0) is 110 Å². The van der Waals surface area contributed by atoms with Gasteiger partial charge in [-0.2, -0.15) is 0 Å². The van der Waals surface area contributed by atoms with Crippen molar-refractivity contribution in [3.63, 3.8) is 0 Å². The first-order valence-electron chi connectivity index (χ1n) is 16.6. The normalized spacial score (nSPS) is 11.1. The molecule has 276 valence electrons. The number of fused-ring (bicyclic) bond motifs is 2. The lowest BCUT2D eigenvalue weighted by Gasteiger charge is -2.30. The highest BCUT2D eigenvalue weighted by atomic mass is 35.5. The number of aromatic nitrogens is 2. The summed E-state index contributed by atoms with van der Waals surface area (Å²) in [5, 5.41) is 38.0. The highest BCUT2D eigenvalue weighted by molar-refractivity contribution is 5.89. The van der Waals surface area contributed by atoms with E-state index >= 15 is 0 Å². The van der Waals surface area contributed by atoms with Crippen LogP contribution in [-0.4, -0.2) is 89.4 Å². The first-order chi connectivity index (χ1) is 22.1. The molecule has 0 aliphatic heterocycles. The molecule has 12 heteroatoms. The highest BCUT2D eigenvalue weighted by Crippen LogP contribution is 2.29. The van der Waals surface area contributed by atoms with E-state index < -0.39 is 11.9 Å². The van der Waals surface area contributed by atoms with Crippen LogP contribution in [0.2, 0.25) is 0 Å². The van der Waals surface area contributed by atoms with E-state index in [1.165, 1.54) is 11.1 Å². The minimum absolute atomic E-state index is 0. The summed E-state index contributed by atoms with van der Waals surface area (Å²) < 4.78 is 0. The number of hydrogen-bond donors (Lipinski definition) is 6. The Labute approximate surface area is 303 Å². The lowest BCUT2D eigenvalue weighted by Crippen LogP contribution is -2.38. The second-order valence-electron chi connectivity index (χ2n) is 13.0. The molecule has 0 aliphatic rings. The number of rotatable bonds is 14. The van der Waals surface area contributed by atoms with Crippen LogP contribution in [0.25, 0.3) is 21.8 Å². The molecule has 0 unspecified atom stereocenters. The molecule has 0 fully saturated rings. The number of carbonyl (C=O) groups is 2. The molecule has 4 rings (SSSR count). The fraction of sp³-hybridized carbons (Fsp3) is 0.514. The van der Waals surface area contributed by atoms with Gasteiger partial charge >= 0.3 is 11.9 Å². The van der Waals surface area contributed by atoms with Crippen molar-refractivity contribution in [2.24, 2.45) is 0 Å². The first kappa shape index (κ1) is 45.6. The number of nitrogens with zero attached hydrogens (tertiary/aromatic N) is 2. The minimum atomic E-state index is -0.948. The number of H-pyrrole nitrogens is 2. The summed E-state index contributed by atoms with van der Waals surface area (Å²) in [7, 11) is 0. The van der Waals surface area contributed by atoms with Crippen molar-refractivity contribution in [2.75, 3.05) is 13.1 Å². The van der Waals surface area contributed by atoms with E-state index in [1.807, 2.05) is 36.7 Å². The van der Waals surface area contributed by atoms with Crippen molar-refractivity contribution in [3.8, 4) is 11.5 Å². The molecule has 4 aromatic rings.